The molecule has 0 bridgehead atoms. The summed E-state index contributed by atoms with van der Waals surface area (Å²) in [5, 5.41) is 12.6. The highest BCUT2D eigenvalue weighted by molar-refractivity contribution is 5.93. The van der Waals surface area contributed by atoms with Gasteiger partial charge < -0.3 is 19.0 Å². The summed E-state index contributed by atoms with van der Waals surface area (Å²) in [7, 11) is 0. The second-order valence-electron chi connectivity index (χ2n) is 7.21. The largest absolute Gasteiger partial charge is 0.467 e. The number of carbonyl (C=O) groups excluding carboxylic acids is 1. The summed E-state index contributed by atoms with van der Waals surface area (Å²) in [5.74, 6) is 1.16. The number of nitriles is 1. The zero-order valence-corrected chi connectivity index (χ0v) is 16.3. The van der Waals surface area contributed by atoms with Gasteiger partial charge in [0.15, 0.2) is 0 Å². The van der Waals surface area contributed by atoms with E-state index in [0.717, 1.165) is 17.0 Å². The van der Waals surface area contributed by atoms with Crippen LogP contribution in [0, 0.1) is 25.2 Å². The lowest BCUT2D eigenvalue weighted by Gasteiger charge is -2.34. The van der Waals surface area contributed by atoms with Crippen LogP contribution >= 0.6 is 0 Å². The number of furan rings is 1. The number of anilines is 1. The van der Waals surface area contributed by atoms with E-state index in [2.05, 4.69) is 16.3 Å². The first kappa shape index (κ1) is 19.2. The van der Waals surface area contributed by atoms with Gasteiger partial charge in [0.2, 0.25) is 5.91 Å². The summed E-state index contributed by atoms with van der Waals surface area (Å²) in [6.45, 7) is 10.0. The molecule has 1 amide bonds. The molecule has 7 heteroatoms. The molecule has 0 aromatic carbocycles. The minimum absolute atomic E-state index is 0.100. The van der Waals surface area contributed by atoms with Crippen LogP contribution in [0.4, 0.5) is 5.82 Å². The van der Waals surface area contributed by atoms with Crippen LogP contribution in [0.2, 0.25) is 0 Å². The number of hydrogen-bond acceptors (Lipinski definition) is 5. The molecule has 2 aromatic rings. The van der Waals surface area contributed by atoms with Gasteiger partial charge in [0, 0.05) is 18.8 Å². The van der Waals surface area contributed by atoms with Crippen LogP contribution in [0.3, 0.4) is 0 Å². The number of morpholine rings is 1. The second-order valence-corrected chi connectivity index (χ2v) is 7.21. The number of hydrogen-bond donors (Lipinski definition) is 1. The van der Waals surface area contributed by atoms with E-state index in [4.69, 9.17) is 9.15 Å². The van der Waals surface area contributed by atoms with Crippen LogP contribution in [-0.4, -0.2) is 47.2 Å². The third kappa shape index (κ3) is 4.24. The number of aromatic nitrogens is 1. The number of ether oxygens (including phenoxy) is 1. The molecule has 3 rings (SSSR count). The Balaban J connectivity index is 1.79. The highest BCUT2D eigenvalue weighted by Crippen LogP contribution is 2.27. The highest BCUT2D eigenvalue weighted by Gasteiger charge is 2.25. The molecular formula is C20H26N4O3. The predicted octanol–water partition coefficient (Wildman–Crippen LogP) is 2.67. The summed E-state index contributed by atoms with van der Waals surface area (Å²) in [5.41, 5.74) is 2.30. The smallest absolute Gasteiger partial charge is 0.239 e. The summed E-state index contributed by atoms with van der Waals surface area (Å²) < 4.78 is 13.1. The van der Waals surface area contributed by atoms with Crippen molar-refractivity contribution in [1.82, 2.24) is 9.47 Å². The third-order valence-corrected chi connectivity index (χ3v) is 4.96. The van der Waals surface area contributed by atoms with Crippen molar-refractivity contribution in [3.63, 3.8) is 0 Å². The topological polar surface area (TPSA) is 83.4 Å². The standard InChI is InChI=1S/C20H26N4O3/c1-13-9-23(10-14(2)27-13)12-19(25)22-20-18(8-21)15(3)16(4)24(20)11-17-6-5-7-26-17/h5-7,13-14H,9-12H2,1-4H3,(H,22,25). The Morgan fingerprint density at radius 1 is 1.33 bits per heavy atom. The van der Waals surface area contributed by atoms with Gasteiger partial charge in [-0.05, 0) is 45.4 Å². The van der Waals surface area contributed by atoms with E-state index < -0.39 is 0 Å². The van der Waals surface area contributed by atoms with Crippen molar-refractivity contribution in [2.24, 2.45) is 0 Å². The maximum atomic E-state index is 12.7. The van der Waals surface area contributed by atoms with Crippen molar-refractivity contribution in [3.05, 3.63) is 41.0 Å². The first-order chi connectivity index (χ1) is 12.9. The Morgan fingerprint density at radius 3 is 2.63 bits per heavy atom. The Labute approximate surface area is 159 Å². The summed E-state index contributed by atoms with van der Waals surface area (Å²) in [4.78, 5) is 14.8. The van der Waals surface area contributed by atoms with E-state index in [1.165, 1.54) is 0 Å². The van der Waals surface area contributed by atoms with Crippen molar-refractivity contribution in [2.75, 3.05) is 25.0 Å². The molecule has 2 aromatic heterocycles. The fourth-order valence-corrected chi connectivity index (χ4v) is 3.67. The number of rotatable bonds is 5. The summed E-state index contributed by atoms with van der Waals surface area (Å²) in [6, 6.07) is 5.93. The van der Waals surface area contributed by atoms with Gasteiger partial charge in [-0.25, -0.2) is 0 Å². The Hall–Kier alpha value is -2.56. The lowest BCUT2D eigenvalue weighted by atomic mass is 10.2. The molecule has 1 N–H and O–H groups in total. The van der Waals surface area contributed by atoms with Gasteiger partial charge in [-0.1, -0.05) is 0 Å². The monoisotopic (exact) mass is 370 g/mol. The second kappa shape index (κ2) is 7.99. The molecule has 1 fully saturated rings. The van der Waals surface area contributed by atoms with E-state index in [-0.39, 0.29) is 24.7 Å². The summed E-state index contributed by atoms with van der Waals surface area (Å²) in [6.07, 6.45) is 1.82. The molecule has 144 valence electrons. The molecule has 1 saturated heterocycles. The fraction of sp³-hybridized carbons (Fsp3) is 0.500. The molecule has 2 atom stereocenters. The van der Waals surface area contributed by atoms with Crippen molar-refractivity contribution in [2.45, 2.75) is 46.4 Å². The van der Waals surface area contributed by atoms with Crippen LogP contribution in [0.25, 0.3) is 0 Å². The van der Waals surface area contributed by atoms with E-state index in [0.29, 0.717) is 31.0 Å². The lowest BCUT2D eigenvalue weighted by Crippen LogP contribution is -2.48. The van der Waals surface area contributed by atoms with Crippen molar-refractivity contribution in [3.8, 4) is 6.07 Å². The fourth-order valence-electron chi connectivity index (χ4n) is 3.67. The lowest BCUT2D eigenvalue weighted by molar-refractivity contribution is -0.121. The first-order valence-corrected chi connectivity index (χ1v) is 9.18. The molecule has 7 nitrogen and oxygen atoms in total. The molecule has 0 radical (unpaired) electrons. The zero-order chi connectivity index (χ0) is 19.6. The predicted molar refractivity (Wildman–Crippen MR) is 102 cm³/mol. The molecular weight excluding hydrogens is 344 g/mol. The molecule has 1 aliphatic heterocycles. The number of carbonyl (C=O) groups is 1. The molecule has 1 aliphatic rings. The van der Waals surface area contributed by atoms with Crippen LogP contribution in [0.5, 0.6) is 0 Å². The van der Waals surface area contributed by atoms with Gasteiger partial charge in [0.1, 0.15) is 17.6 Å². The summed E-state index contributed by atoms with van der Waals surface area (Å²) >= 11 is 0. The van der Waals surface area contributed by atoms with Crippen molar-refractivity contribution in [1.29, 1.82) is 5.26 Å². The number of amides is 1. The van der Waals surface area contributed by atoms with Gasteiger partial charge in [-0.3, -0.25) is 9.69 Å². The van der Waals surface area contributed by atoms with E-state index >= 15 is 0 Å². The molecule has 2 unspecified atom stereocenters. The van der Waals surface area contributed by atoms with Crippen LogP contribution in [0.15, 0.2) is 22.8 Å². The highest BCUT2D eigenvalue weighted by atomic mass is 16.5. The van der Waals surface area contributed by atoms with Gasteiger partial charge in [0.05, 0.1) is 37.1 Å². The van der Waals surface area contributed by atoms with Gasteiger partial charge in [-0.2, -0.15) is 5.26 Å². The van der Waals surface area contributed by atoms with Crippen molar-refractivity contribution < 1.29 is 13.9 Å². The van der Waals surface area contributed by atoms with Crippen LogP contribution in [0.1, 0.15) is 36.4 Å². The average molecular weight is 370 g/mol. The maximum absolute atomic E-state index is 12.7. The SMILES string of the molecule is Cc1c(C#N)c(NC(=O)CN2CC(C)OC(C)C2)n(Cc2ccco2)c1C. The molecule has 0 saturated carbocycles. The Morgan fingerprint density at radius 2 is 2.04 bits per heavy atom. The minimum atomic E-state index is -0.133. The molecule has 27 heavy (non-hydrogen) atoms. The zero-order valence-electron chi connectivity index (χ0n) is 16.3. The van der Waals surface area contributed by atoms with Crippen LogP contribution < -0.4 is 5.32 Å². The maximum Gasteiger partial charge on any atom is 0.239 e. The number of nitrogens with zero attached hydrogens (tertiary/aromatic N) is 3. The Bertz CT molecular complexity index is 838. The van der Waals surface area contributed by atoms with E-state index in [1.54, 1.807) is 6.26 Å². The normalized spacial score (nSPS) is 20.4. The first-order valence-electron chi connectivity index (χ1n) is 9.18. The van der Waals surface area contributed by atoms with Gasteiger partial charge in [0.25, 0.3) is 0 Å². The number of nitrogens with one attached hydrogen (secondary N) is 1. The minimum Gasteiger partial charge on any atom is -0.467 e. The molecule has 0 spiro atoms. The van der Waals surface area contributed by atoms with E-state index in [1.807, 2.05) is 44.4 Å². The van der Waals surface area contributed by atoms with Crippen LogP contribution in [-0.2, 0) is 16.1 Å². The Kier molecular flexibility index (Phi) is 5.68. The molecule has 0 aliphatic carbocycles. The molecule has 3 heterocycles. The van der Waals surface area contributed by atoms with E-state index in [9.17, 15) is 10.1 Å². The quantitative estimate of drug-likeness (QED) is 0.875. The van der Waals surface area contributed by atoms with Gasteiger partial charge in [-0.15, -0.1) is 0 Å². The van der Waals surface area contributed by atoms with Crippen molar-refractivity contribution >= 4 is 11.7 Å². The van der Waals surface area contributed by atoms with Gasteiger partial charge >= 0.3 is 0 Å². The average Bonchev–Trinajstić information content (AvgIpc) is 3.17. The third-order valence-electron chi connectivity index (χ3n) is 4.96.